The molecule has 36 heavy (non-hydrogen) atoms. The van der Waals surface area contributed by atoms with E-state index < -0.39 is 11.5 Å². The van der Waals surface area contributed by atoms with Gasteiger partial charge in [-0.15, -0.1) is 11.3 Å². The number of aromatic nitrogens is 1. The van der Waals surface area contributed by atoms with Crippen molar-refractivity contribution in [2.24, 2.45) is 16.7 Å². The first kappa shape index (κ1) is 25.1. The van der Waals surface area contributed by atoms with Crippen LogP contribution in [0.5, 0.6) is 0 Å². The fourth-order valence-corrected chi connectivity index (χ4v) is 7.83. The van der Waals surface area contributed by atoms with Gasteiger partial charge in [0.2, 0.25) is 5.91 Å². The molecule has 0 spiro atoms. The summed E-state index contributed by atoms with van der Waals surface area (Å²) in [5.41, 5.74) is 2.31. The van der Waals surface area contributed by atoms with E-state index in [0.29, 0.717) is 12.8 Å². The molecule has 0 radical (unpaired) electrons. The number of aliphatic hydroxyl groups excluding tert-OH is 2. The summed E-state index contributed by atoms with van der Waals surface area (Å²) in [5, 5.41) is 25.6. The minimum absolute atomic E-state index is 0.00950. The van der Waals surface area contributed by atoms with Crippen molar-refractivity contribution in [2.75, 3.05) is 6.61 Å². The summed E-state index contributed by atoms with van der Waals surface area (Å²) in [6.07, 6.45) is 1.97. The second-order valence-corrected chi connectivity index (χ2v) is 12.2. The van der Waals surface area contributed by atoms with Gasteiger partial charge in [-0.3, -0.25) is 4.79 Å². The van der Waals surface area contributed by atoms with Gasteiger partial charge in [0.25, 0.3) is 0 Å². The van der Waals surface area contributed by atoms with Crippen LogP contribution in [0.4, 0.5) is 0 Å². The number of rotatable bonds is 6. The molecule has 0 bridgehead atoms. The predicted octanol–water partition coefficient (Wildman–Crippen LogP) is 5.49. The molecule has 5 nitrogen and oxygen atoms in total. The first-order valence-electron chi connectivity index (χ1n) is 12.9. The van der Waals surface area contributed by atoms with Crippen LogP contribution in [0.1, 0.15) is 68.1 Å². The van der Waals surface area contributed by atoms with E-state index in [-0.39, 0.29) is 35.8 Å². The van der Waals surface area contributed by atoms with Gasteiger partial charge in [0.1, 0.15) is 5.01 Å². The summed E-state index contributed by atoms with van der Waals surface area (Å²) in [4.78, 5) is 19.8. The molecule has 3 aromatic rings. The number of carbonyl (C=O) groups is 1. The van der Waals surface area contributed by atoms with Crippen molar-refractivity contribution >= 4 is 17.2 Å². The highest BCUT2D eigenvalue weighted by Crippen LogP contribution is 2.62. The van der Waals surface area contributed by atoms with Crippen LogP contribution in [0, 0.1) is 16.7 Å². The fourth-order valence-electron chi connectivity index (χ4n) is 6.66. The van der Waals surface area contributed by atoms with Gasteiger partial charge in [-0.05, 0) is 43.1 Å². The second-order valence-electron chi connectivity index (χ2n) is 11.1. The molecule has 2 aliphatic rings. The molecular formula is C30H36N2O3S. The largest absolute Gasteiger partial charge is 0.396 e. The number of fused-ring (bicyclic) bond motifs is 2. The van der Waals surface area contributed by atoms with E-state index in [1.807, 2.05) is 62.4 Å². The zero-order valence-electron chi connectivity index (χ0n) is 21.3. The van der Waals surface area contributed by atoms with Crippen molar-refractivity contribution in [3.8, 4) is 10.6 Å². The highest BCUT2D eigenvalue weighted by Gasteiger charge is 2.59. The molecule has 6 heteroatoms. The Kier molecular flexibility index (Phi) is 6.79. The maximum absolute atomic E-state index is 13.5. The van der Waals surface area contributed by atoms with Gasteiger partial charge >= 0.3 is 0 Å². The molecule has 190 valence electrons. The number of aliphatic hydroxyl groups is 2. The molecule has 1 heterocycles. The van der Waals surface area contributed by atoms with Gasteiger partial charge in [0.15, 0.2) is 0 Å². The smallest absolute Gasteiger partial charge is 0.221 e. The normalized spacial score (nSPS) is 30.2. The van der Waals surface area contributed by atoms with Gasteiger partial charge in [-0.1, -0.05) is 74.5 Å². The summed E-state index contributed by atoms with van der Waals surface area (Å²) in [7, 11) is 0. The number of amides is 1. The molecule has 1 aromatic heterocycles. The van der Waals surface area contributed by atoms with Crippen LogP contribution >= 0.6 is 11.3 Å². The van der Waals surface area contributed by atoms with E-state index in [9.17, 15) is 15.0 Å². The molecule has 1 amide bonds. The molecule has 2 aliphatic carbocycles. The molecule has 2 aromatic carbocycles. The van der Waals surface area contributed by atoms with Gasteiger partial charge < -0.3 is 15.5 Å². The van der Waals surface area contributed by atoms with Crippen LogP contribution in [0.15, 0.2) is 60.7 Å². The first-order valence-corrected chi connectivity index (χ1v) is 13.8. The number of benzene rings is 2. The van der Waals surface area contributed by atoms with Gasteiger partial charge in [0.05, 0.1) is 24.4 Å². The van der Waals surface area contributed by atoms with Crippen LogP contribution in [0.2, 0.25) is 0 Å². The Morgan fingerprint density at radius 1 is 1.14 bits per heavy atom. The van der Waals surface area contributed by atoms with E-state index in [0.717, 1.165) is 34.7 Å². The Morgan fingerprint density at radius 3 is 2.47 bits per heavy atom. The minimum atomic E-state index is -0.617. The number of hydrogen-bond donors (Lipinski definition) is 3. The lowest BCUT2D eigenvalue weighted by Gasteiger charge is -2.58. The molecule has 1 fully saturated rings. The van der Waals surface area contributed by atoms with E-state index in [1.165, 1.54) is 4.88 Å². The Morgan fingerprint density at radius 2 is 1.81 bits per heavy atom. The monoisotopic (exact) mass is 504 g/mol. The SMILES string of the molecule is CC(NC(=O)CC1c2nc(-c3ccccc3)sc2CC2C(C)(CO)C(O)CCC12C)c1ccccc1. The van der Waals surface area contributed by atoms with E-state index in [1.54, 1.807) is 11.3 Å². The maximum Gasteiger partial charge on any atom is 0.221 e. The van der Waals surface area contributed by atoms with E-state index in [4.69, 9.17) is 4.98 Å². The Balaban J connectivity index is 1.51. The van der Waals surface area contributed by atoms with Crippen molar-refractivity contribution < 1.29 is 15.0 Å². The molecule has 0 saturated heterocycles. The lowest BCUT2D eigenvalue weighted by atomic mass is 9.47. The number of nitrogens with zero attached hydrogens (tertiary/aromatic N) is 1. The topological polar surface area (TPSA) is 82.5 Å². The van der Waals surface area contributed by atoms with Crippen molar-refractivity contribution in [3.63, 3.8) is 0 Å². The Bertz CT molecular complexity index is 1210. The van der Waals surface area contributed by atoms with Crippen molar-refractivity contribution in [2.45, 2.75) is 64.5 Å². The van der Waals surface area contributed by atoms with E-state index >= 15 is 0 Å². The summed E-state index contributed by atoms with van der Waals surface area (Å²) in [6.45, 7) is 6.21. The number of thiazole rings is 1. The average molecular weight is 505 g/mol. The quantitative estimate of drug-likeness (QED) is 0.414. The van der Waals surface area contributed by atoms with Crippen molar-refractivity contribution in [1.82, 2.24) is 10.3 Å². The molecule has 5 rings (SSSR count). The third-order valence-corrected chi connectivity index (χ3v) is 10.1. The zero-order valence-corrected chi connectivity index (χ0v) is 22.1. The van der Waals surface area contributed by atoms with E-state index in [2.05, 4.69) is 24.4 Å². The van der Waals surface area contributed by atoms with Crippen molar-refractivity contribution in [3.05, 3.63) is 76.8 Å². The summed E-state index contributed by atoms with van der Waals surface area (Å²) < 4.78 is 0. The van der Waals surface area contributed by atoms with Crippen LogP contribution < -0.4 is 5.32 Å². The molecule has 0 aliphatic heterocycles. The average Bonchev–Trinajstić information content (AvgIpc) is 3.33. The number of carbonyl (C=O) groups excluding carboxylic acids is 1. The first-order chi connectivity index (χ1) is 17.3. The molecular weight excluding hydrogens is 468 g/mol. The molecule has 6 atom stereocenters. The van der Waals surface area contributed by atoms with Gasteiger partial charge in [-0.25, -0.2) is 4.98 Å². The molecule has 6 unspecified atom stereocenters. The lowest BCUT2D eigenvalue weighted by Crippen LogP contribution is -2.57. The van der Waals surface area contributed by atoms with Crippen LogP contribution in [0.3, 0.4) is 0 Å². The third-order valence-electron chi connectivity index (χ3n) is 8.98. The minimum Gasteiger partial charge on any atom is -0.396 e. The van der Waals surface area contributed by atoms with Gasteiger partial charge in [-0.2, -0.15) is 0 Å². The summed E-state index contributed by atoms with van der Waals surface area (Å²) >= 11 is 1.69. The zero-order chi connectivity index (χ0) is 25.5. The van der Waals surface area contributed by atoms with Crippen molar-refractivity contribution in [1.29, 1.82) is 0 Å². The van der Waals surface area contributed by atoms with Gasteiger partial charge in [0, 0.05) is 28.2 Å². The summed E-state index contributed by atoms with van der Waals surface area (Å²) in [6, 6.07) is 20.1. The predicted molar refractivity (Wildman–Crippen MR) is 144 cm³/mol. The number of hydrogen-bond acceptors (Lipinski definition) is 5. The molecule has 1 saturated carbocycles. The standard InChI is InChI=1S/C30H36N2O3S/c1-19(20-10-6-4-7-11-20)31-26(35)16-22-27-23(36-28(32-27)21-12-8-5-9-13-21)17-24-29(22,2)15-14-25(34)30(24,3)18-33/h4-13,19,22,24-25,33-34H,14-18H2,1-3H3,(H,31,35). The maximum atomic E-state index is 13.5. The second kappa shape index (κ2) is 9.73. The highest BCUT2D eigenvalue weighted by molar-refractivity contribution is 7.15. The number of nitrogens with one attached hydrogen (secondary N) is 1. The van der Waals surface area contributed by atoms with Crippen LogP contribution in [-0.4, -0.2) is 33.8 Å². The lowest BCUT2D eigenvalue weighted by molar-refractivity contribution is -0.144. The Labute approximate surface area is 217 Å². The fraction of sp³-hybridized carbons (Fsp3) is 0.467. The Hall–Kier alpha value is -2.54. The highest BCUT2D eigenvalue weighted by atomic mass is 32.1. The third kappa shape index (κ3) is 4.29. The van der Waals surface area contributed by atoms with Crippen LogP contribution in [0.25, 0.3) is 10.6 Å². The molecule has 3 N–H and O–H groups in total. The van der Waals surface area contributed by atoms with Crippen LogP contribution in [-0.2, 0) is 11.2 Å². The summed E-state index contributed by atoms with van der Waals surface area (Å²) in [5.74, 6) is -0.0174.